The molecule has 4 heteroatoms. The largest absolute Gasteiger partial charge is 0.360 e. The average Bonchev–Trinajstić information content (AvgIpc) is 2.26. The van der Waals surface area contributed by atoms with Gasteiger partial charge in [0.25, 0.3) is 0 Å². The standard InChI is InChI=1S/C11H16Cl2N2/c1-3-4-5-15(2)11-6-9(7-12)10(13)8-14-11/h6,8H,3-5,7H2,1-2H3. The van der Waals surface area contributed by atoms with E-state index >= 15 is 0 Å². The van der Waals surface area contributed by atoms with Crippen molar-refractivity contribution in [1.29, 1.82) is 0 Å². The summed E-state index contributed by atoms with van der Waals surface area (Å²) in [6.07, 6.45) is 4.01. The molecule has 15 heavy (non-hydrogen) atoms. The van der Waals surface area contributed by atoms with E-state index in [0.717, 1.165) is 24.3 Å². The fourth-order valence-electron chi connectivity index (χ4n) is 1.29. The zero-order valence-electron chi connectivity index (χ0n) is 9.13. The first-order valence-electron chi connectivity index (χ1n) is 5.10. The van der Waals surface area contributed by atoms with Crippen LogP contribution in [0.2, 0.25) is 5.02 Å². The Morgan fingerprint density at radius 1 is 1.47 bits per heavy atom. The Balaban J connectivity index is 2.76. The predicted molar refractivity (Wildman–Crippen MR) is 67.0 cm³/mol. The normalized spacial score (nSPS) is 10.4. The third kappa shape index (κ3) is 3.54. The van der Waals surface area contributed by atoms with Crippen LogP contribution in [0.3, 0.4) is 0 Å². The smallest absolute Gasteiger partial charge is 0.128 e. The number of hydrogen-bond acceptors (Lipinski definition) is 2. The molecule has 1 rings (SSSR count). The number of nitrogens with zero attached hydrogens (tertiary/aromatic N) is 2. The van der Waals surface area contributed by atoms with Crippen LogP contribution >= 0.6 is 23.2 Å². The van der Waals surface area contributed by atoms with Gasteiger partial charge in [-0.25, -0.2) is 4.98 Å². The van der Waals surface area contributed by atoms with Crippen LogP contribution in [0.4, 0.5) is 5.82 Å². The second-order valence-corrected chi connectivity index (χ2v) is 4.22. The van der Waals surface area contributed by atoms with Crippen molar-refractivity contribution >= 4 is 29.0 Å². The van der Waals surface area contributed by atoms with Crippen LogP contribution in [0.15, 0.2) is 12.3 Å². The Hall–Kier alpha value is -0.470. The fraction of sp³-hybridized carbons (Fsp3) is 0.545. The first-order chi connectivity index (χ1) is 7.19. The van der Waals surface area contributed by atoms with E-state index < -0.39 is 0 Å². The van der Waals surface area contributed by atoms with Gasteiger partial charge in [-0.2, -0.15) is 0 Å². The first kappa shape index (κ1) is 12.6. The van der Waals surface area contributed by atoms with Crippen molar-refractivity contribution in [2.45, 2.75) is 25.6 Å². The van der Waals surface area contributed by atoms with Gasteiger partial charge >= 0.3 is 0 Å². The van der Waals surface area contributed by atoms with Crippen LogP contribution in [0.1, 0.15) is 25.3 Å². The lowest BCUT2D eigenvalue weighted by Crippen LogP contribution is -2.19. The van der Waals surface area contributed by atoms with Gasteiger partial charge in [0.05, 0.1) is 5.02 Å². The Morgan fingerprint density at radius 2 is 2.20 bits per heavy atom. The lowest BCUT2D eigenvalue weighted by Gasteiger charge is -2.18. The summed E-state index contributed by atoms with van der Waals surface area (Å²) < 4.78 is 0. The van der Waals surface area contributed by atoms with Crippen LogP contribution in [0.25, 0.3) is 0 Å². The van der Waals surface area contributed by atoms with Crippen LogP contribution in [-0.2, 0) is 5.88 Å². The topological polar surface area (TPSA) is 16.1 Å². The molecule has 0 aliphatic carbocycles. The molecule has 0 atom stereocenters. The molecule has 1 aromatic heterocycles. The number of alkyl halides is 1. The Kier molecular flexibility index (Phi) is 5.20. The van der Waals surface area contributed by atoms with Crippen molar-refractivity contribution in [2.24, 2.45) is 0 Å². The van der Waals surface area contributed by atoms with Crippen LogP contribution < -0.4 is 4.90 Å². The average molecular weight is 247 g/mol. The van der Waals surface area contributed by atoms with E-state index in [-0.39, 0.29) is 0 Å². The van der Waals surface area contributed by atoms with E-state index in [0.29, 0.717) is 10.9 Å². The number of unbranched alkanes of at least 4 members (excludes halogenated alkanes) is 1. The van der Waals surface area contributed by atoms with Gasteiger partial charge in [-0.05, 0) is 18.1 Å². The third-order valence-electron chi connectivity index (χ3n) is 2.30. The zero-order valence-corrected chi connectivity index (χ0v) is 10.6. The quantitative estimate of drug-likeness (QED) is 0.737. The summed E-state index contributed by atoms with van der Waals surface area (Å²) in [6, 6.07) is 1.95. The van der Waals surface area contributed by atoms with E-state index in [4.69, 9.17) is 23.2 Å². The molecule has 0 saturated carbocycles. The maximum Gasteiger partial charge on any atom is 0.128 e. The molecule has 0 aliphatic rings. The number of pyridine rings is 1. The highest BCUT2D eigenvalue weighted by molar-refractivity contribution is 6.32. The number of halogens is 2. The number of anilines is 1. The summed E-state index contributed by atoms with van der Waals surface area (Å²) in [5.41, 5.74) is 0.937. The van der Waals surface area contributed by atoms with Gasteiger partial charge in [0.15, 0.2) is 0 Å². The summed E-state index contributed by atoms with van der Waals surface area (Å²) in [5, 5.41) is 0.637. The van der Waals surface area contributed by atoms with Gasteiger partial charge in [-0.1, -0.05) is 24.9 Å². The minimum Gasteiger partial charge on any atom is -0.360 e. The number of rotatable bonds is 5. The molecular weight excluding hydrogens is 231 g/mol. The molecule has 0 fully saturated rings. The predicted octanol–water partition coefficient (Wildman–Crippen LogP) is 3.71. The molecule has 0 aliphatic heterocycles. The molecule has 2 nitrogen and oxygen atoms in total. The highest BCUT2D eigenvalue weighted by atomic mass is 35.5. The molecule has 0 amide bonds. The molecule has 1 heterocycles. The lowest BCUT2D eigenvalue weighted by atomic mass is 10.2. The first-order valence-corrected chi connectivity index (χ1v) is 6.01. The number of aromatic nitrogens is 1. The van der Waals surface area contributed by atoms with Crippen LogP contribution in [0.5, 0.6) is 0 Å². The lowest BCUT2D eigenvalue weighted by molar-refractivity contribution is 0.759. The third-order valence-corrected chi connectivity index (χ3v) is 2.93. The summed E-state index contributed by atoms with van der Waals surface area (Å²) in [6.45, 7) is 3.18. The molecule has 0 N–H and O–H groups in total. The Morgan fingerprint density at radius 3 is 2.80 bits per heavy atom. The summed E-state index contributed by atoms with van der Waals surface area (Å²) in [7, 11) is 2.03. The molecule has 0 aromatic carbocycles. The van der Waals surface area contributed by atoms with E-state index in [9.17, 15) is 0 Å². The van der Waals surface area contributed by atoms with Gasteiger partial charge < -0.3 is 4.90 Å². The van der Waals surface area contributed by atoms with Gasteiger partial charge in [0.2, 0.25) is 0 Å². The summed E-state index contributed by atoms with van der Waals surface area (Å²) in [4.78, 5) is 6.40. The molecule has 0 bridgehead atoms. The molecule has 0 unspecified atom stereocenters. The Labute approximate surface area is 101 Å². The molecule has 0 spiro atoms. The van der Waals surface area contributed by atoms with E-state index in [2.05, 4.69) is 16.8 Å². The molecule has 84 valence electrons. The fourth-order valence-corrected chi connectivity index (χ4v) is 1.75. The second-order valence-electron chi connectivity index (χ2n) is 3.54. The molecule has 0 radical (unpaired) electrons. The number of hydrogen-bond donors (Lipinski definition) is 0. The maximum atomic E-state index is 5.94. The van der Waals surface area contributed by atoms with E-state index in [1.54, 1.807) is 6.20 Å². The van der Waals surface area contributed by atoms with Gasteiger partial charge in [-0.15, -0.1) is 11.6 Å². The van der Waals surface area contributed by atoms with Crippen LogP contribution in [-0.4, -0.2) is 18.6 Å². The van der Waals surface area contributed by atoms with Gasteiger partial charge in [-0.3, -0.25) is 0 Å². The van der Waals surface area contributed by atoms with Crippen molar-refractivity contribution < 1.29 is 0 Å². The monoisotopic (exact) mass is 246 g/mol. The van der Waals surface area contributed by atoms with E-state index in [1.807, 2.05) is 13.1 Å². The molecule has 0 saturated heterocycles. The second kappa shape index (κ2) is 6.19. The molecular formula is C11H16Cl2N2. The summed E-state index contributed by atoms with van der Waals surface area (Å²) in [5.74, 6) is 1.36. The van der Waals surface area contributed by atoms with Crippen LogP contribution in [0, 0.1) is 0 Å². The molecule has 1 aromatic rings. The zero-order chi connectivity index (χ0) is 11.3. The van der Waals surface area contributed by atoms with E-state index in [1.165, 1.54) is 6.42 Å². The van der Waals surface area contributed by atoms with Crippen molar-refractivity contribution in [2.75, 3.05) is 18.5 Å². The van der Waals surface area contributed by atoms with Crippen molar-refractivity contribution in [3.05, 3.63) is 22.8 Å². The minimum atomic E-state index is 0.427. The maximum absolute atomic E-state index is 5.94. The highest BCUT2D eigenvalue weighted by Crippen LogP contribution is 2.21. The minimum absolute atomic E-state index is 0.427. The SMILES string of the molecule is CCCCN(C)c1cc(CCl)c(Cl)cn1. The van der Waals surface area contributed by atoms with Crippen molar-refractivity contribution in [3.8, 4) is 0 Å². The van der Waals surface area contributed by atoms with Crippen molar-refractivity contribution in [1.82, 2.24) is 4.98 Å². The van der Waals surface area contributed by atoms with Gasteiger partial charge in [0, 0.05) is 25.7 Å². The highest BCUT2D eigenvalue weighted by Gasteiger charge is 2.05. The Bertz CT molecular complexity index is 315. The van der Waals surface area contributed by atoms with Crippen molar-refractivity contribution in [3.63, 3.8) is 0 Å². The van der Waals surface area contributed by atoms with Gasteiger partial charge in [0.1, 0.15) is 5.82 Å². The summed E-state index contributed by atoms with van der Waals surface area (Å²) >= 11 is 11.7.